The van der Waals surface area contributed by atoms with Crippen LogP contribution in [0.3, 0.4) is 0 Å². The van der Waals surface area contributed by atoms with Crippen molar-refractivity contribution in [1.29, 1.82) is 0 Å². The summed E-state index contributed by atoms with van der Waals surface area (Å²) in [6.07, 6.45) is 4.34. The largest absolute Gasteiger partial charge is 0.462 e. The van der Waals surface area contributed by atoms with Crippen molar-refractivity contribution in [2.75, 3.05) is 0 Å². The first-order valence-corrected chi connectivity index (χ1v) is 13.4. The van der Waals surface area contributed by atoms with Gasteiger partial charge in [-0.1, -0.05) is 68.1 Å². The van der Waals surface area contributed by atoms with Gasteiger partial charge in [0.05, 0.1) is 8.07 Å². The Balaban J connectivity index is 1.82. The molecular weight excluding hydrogens is 344 g/mol. The van der Waals surface area contributed by atoms with Crippen LogP contribution in [0.1, 0.15) is 35.1 Å². The molecule has 138 valence electrons. The van der Waals surface area contributed by atoms with Gasteiger partial charge in [-0.25, -0.2) is 0 Å². The predicted molar refractivity (Wildman–Crippen MR) is 119 cm³/mol. The maximum atomic E-state index is 5.89. The molecule has 2 aromatic carbocycles. The van der Waals surface area contributed by atoms with E-state index in [0.717, 1.165) is 24.4 Å². The van der Waals surface area contributed by atoms with Crippen LogP contribution in [0, 0.1) is 6.92 Å². The van der Waals surface area contributed by atoms with Crippen LogP contribution in [-0.4, -0.2) is 8.07 Å². The van der Waals surface area contributed by atoms with Crippen molar-refractivity contribution in [3.8, 4) is 11.1 Å². The van der Waals surface area contributed by atoms with Crippen LogP contribution < -0.4 is 5.19 Å². The van der Waals surface area contributed by atoms with E-state index < -0.39 is 8.07 Å². The third-order valence-electron chi connectivity index (χ3n) is 5.60. The molecule has 0 bridgehead atoms. The van der Waals surface area contributed by atoms with E-state index in [0.29, 0.717) is 0 Å². The summed E-state index contributed by atoms with van der Waals surface area (Å²) in [5.74, 6) is 1.97. The summed E-state index contributed by atoms with van der Waals surface area (Å²) in [6, 6.07) is 18.1. The molecule has 2 heteroatoms. The van der Waals surface area contributed by atoms with E-state index in [9.17, 15) is 0 Å². The fraction of sp³-hybridized carbons (Fsp3) is 0.280. The third kappa shape index (κ3) is 3.34. The van der Waals surface area contributed by atoms with Gasteiger partial charge in [0.2, 0.25) is 0 Å². The number of allylic oxidation sites excluding steroid dienone is 1. The summed E-state index contributed by atoms with van der Waals surface area (Å²) in [5.41, 5.74) is 8.21. The second-order valence-corrected chi connectivity index (χ2v) is 13.7. The molecular formula is C25H28OSi. The van der Waals surface area contributed by atoms with Gasteiger partial charge >= 0.3 is 0 Å². The van der Waals surface area contributed by atoms with Crippen LogP contribution in [0.15, 0.2) is 52.9 Å². The second kappa shape index (κ2) is 6.69. The number of rotatable bonds is 4. The van der Waals surface area contributed by atoms with E-state index in [1.54, 1.807) is 0 Å². The lowest BCUT2D eigenvalue weighted by Crippen LogP contribution is -2.37. The molecule has 0 N–H and O–H groups in total. The fourth-order valence-electron chi connectivity index (χ4n) is 4.00. The molecule has 1 aromatic heterocycles. The zero-order valence-electron chi connectivity index (χ0n) is 17.0. The summed E-state index contributed by atoms with van der Waals surface area (Å²) in [6.45, 7) is 11.5. The van der Waals surface area contributed by atoms with Crippen LogP contribution in [0.25, 0.3) is 22.8 Å². The van der Waals surface area contributed by atoms with Crippen LogP contribution in [-0.2, 0) is 12.8 Å². The molecule has 0 unspecified atom stereocenters. The number of hydrogen-bond donors (Lipinski definition) is 0. The zero-order chi connectivity index (χ0) is 19.2. The Labute approximate surface area is 163 Å². The van der Waals surface area contributed by atoms with E-state index >= 15 is 0 Å². The Morgan fingerprint density at radius 3 is 2.26 bits per heavy atom. The van der Waals surface area contributed by atoms with Crippen LogP contribution >= 0.6 is 0 Å². The number of aryl methyl sites for hydroxylation is 2. The SMILES string of the molecule is CCc1ccc2c(c1-c1ccc([Si](C)(C)C)cc1)C=C(c1ccc(C)o1)C2. The molecule has 27 heavy (non-hydrogen) atoms. The monoisotopic (exact) mass is 372 g/mol. The van der Waals surface area contributed by atoms with Crippen molar-refractivity contribution in [1.82, 2.24) is 0 Å². The zero-order valence-corrected chi connectivity index (χ0v) is 18.0. The molecule has 1 aliphatic carbocycles. The quantitative estimate of drug-likeness (QED) is 0.479. The molecule has 0 saturated heterocycles. The first kappa shape index (κ1) is 18.1. The number of benzene rings is 2. The third-order valence-corrected chi connectivity index (χ3v) is 7.66. The fourth-order valence-corrected chi connectivity index (χ4v) is 5.16. The van der Waals surface area contributed by atoms with Gasteiger partial charge in [0.25, 0.3) is 0 Å². The minimum atomic E-state index is -1.28. The predicted octanol–water partition coefficient (Wildman–Crippen LogP) is 6.46. The molecule has 3 aromatic rings. The van der Waals surface area contributed by atoms with Crippen LogP contribution in [0.2, 0.25) is 19.6 Å². The average molecular weight is 373 g/mol. The lowest BCUT2D eigenvalue weighted by atomic mass is 9.91. The Bertz CT molecular complexity index is 1010. The standard InChI is InChI=1S/C25H28OSi/c1-6-18-8-9-20-15-21(24-14-7-17(2)26-24)16-23(20)25(18)19-10-12-22(13-11-19)27(3,4)5/h7-14,16H,6,15H2,1-5H3. The molecule has 1 nitrogen and oxygen atoms in total. The summed E-state index contributed by atoms with van der Waals surface area (Å²) in [4.78, 5) is 0. The van der Waals surface area contributed by atoms with Crippen molar-refractivity contribution in [2.45, 2.75) is 46.3 Å². The molecule has 0 amide bonds. The van der Waals surface area contributed by atoms with Gasteiger partial charge in [0.1, 0.15) is 11.5 Å². The number of fused-ring (bicyclic) bond motifs is 1. The van der Waals surface area contributed by atoms with Gasteiger partial charge in [-0.15, -0.1) is 0 Å². The Morgan fingerprint density at radius 1 is 0.926 bits per heavy atom. The molecule has 1 heterocycles. The van der Waals surface area contributed by atoms with Gasteiger partial charge in [0, 0.05) is 6.42 Å². The molecule has 0 fully saturated rings. The maximum Gasteiger partial charge on any atom is 0.130 e. The van der Waals surface area contributed by atoms with Gasteiger partial charge in [0.15, 0.2) is 0 Å². The van der Waals surface area contributed by atoms with Gasteiger partial charge in [-0.05, 0) is 64.9 Å². The van der Waals surface area contributed by atoms with Gasteiger partial charge in [-0.2, -0.15) is 0 Å². The van der Waals surface area contributed by atoms with E-state index in [1.165, 1.54) is 38.6 Å². The van der Waals surface area contributed by atoms with Gasteiger partial charge in [-0.3, -0.25) is 0 Å². The number of furan rings is 1. The highest BCUT2D eigenvalue weighted by Gasteiger charge is 2.22. The maximum absolute atomic E-state index is 5.89. The highest BCUT2D eigenvalue weighted by atomic mass is 28.3. The Kier molecular flexibility index (Phi) is 4.47. The first-order chi connectivity index (χ1) is 12.9. The average Bonchev–Trinajstić information content (AvgIpc) is 3.26. The van der Waals surface area contributed by atoms with Crippen LogP contribution in [0.5, 0.6) is 0 Å². The summed E-state index contributed by atoms with van der Waals surface area (Å²) in [7, 11) is -1.28. The topological polar surface area (TPSA) is 13.1 Å². The minimum absolute atomic E-state index is 0.951. The Hall–Kier alpha value is -2.32. The van der Waals surface area contributed by atoms with E-state index in [1.807, 2.05) is 13.0 Å². The molecule has 0 atom stereocenters. The normalized spacial score (nSPS) is 13.6. The van der Waals surface area contributed by atoms with Crippen molar-refractivity contribution in [3.63, 3.8) is 0 Å². The van der Waals surface area contributed by atoms with E-state index in [-0.39, 0.29) is 0 Å². The Morgan fingerprint density at radius 2 is 1.67 bits per heavy atom. The molecule has 1 aliphatic rings. The molecule has 0 saturated carbocycles. The van der Waals surface area contributed by atoms with Crippen LogP contribution in [0.4, 0.5) is 0 Å². The molecule has 4 rings (SSSR count). The van der Waals surface area contributed by atoms with E-state index in [4.69, 9.17) is 4.42 Å². The van der Waals surface area contributed by atoms with E-state index in [2.05, 4.69) is 75.1 Å². The highest BCUT2D eigenvalue weighted by Crippen LogP contribution is 2.40. The molecule has 0 aliphatic heterocycles. The van der Waals surface area contributed by atoms with Crippen molar-refractivity contribution >= 4 is 24.9 Å². The molecule has 0 radical (unpaired) electrons. The summed E-state index contributed by atoms with van der Waals surface area (Å²) >= 11 is 0. The highest BCUT2D eigenvalue weighted by molar-refractivity contribution is 6.88. The molecule has 0 spiro atoms. The minimum Gasteiger partial charge on any atom is -0.462 e. The summed E-state index contributed by atoms with van der Waals surface area (Å²) < 4.78 is 5.89. The smallest absolute Gasteiger partial charge is 0.130 e. The van der Waals surface area contributed by atoms with Gasteiger partial charge < -0.3 is 4.42 Å². The lowest BCUT2D eigenvalue weighted by molar-refractivity contribution is 0.521. The van der Waals surface area contributed by atoms with Crippen molar-refractivity contribution in [3.05, 3.63) is 76.7 Å². The number of hydrogen-bond acceptors (Lipinski definition) is 1. The summed E-state index contributed by atoms with van der Waals surface area (Å²) in [5, 5.41) is 1.51. The lowest BCUT2D eigenvalue weighted by Gasteiger charge is -2.18. The van der Waals surface area contributed by atoms with Crippen molar-refractivity contribution in [2.24, 2.45) is 0 Å². The van der Waals surface area contributed by atoms with Crippen molar-refractivity contribution < 1.29 is 4.42 Å². The first-order valence-electron chi connectivity index (χ1n) is 9.90. The second-order valence-electron chi connectivity index (χ2n) is 8.61.